The second-order valence-corrected chi connectivity index (χ2v) is 7.77. The van der Waals surface area contributed by atoms with Crippen molar-refractivity contribution in [2.45, 2.75) is 38.0 Å². The van der Waals surface area contributed by atoms with E-state index in [9.17, 15) is 8.42 Å². The van der Waals surface area contributed by atoms with Crippen LogP contribution in [0.1, 0.15) is 33.1 Å². The van der Waals surface area contributed by atoms with Gasteiger partial charge in [0.1, 0.15) is 5.75 Å². The summed E-state index contributed by atoms with van der Waals surface area (Å²) >= 11 is 0. The molecule has 1 aromatic carbocycles. The lowest BCUT2D eigenvalue weighted by atomic mass is 10.2. The van der Waals surface area contributed by atoms with E-state index in [2.05, 4.69) is 19.2 Å². The Kier molecular flexibility index (Phi) is 7.75. The Morgan fingerprint density at radius 1 is 1.10 bits per heavy atom. The lowest BCUT2D eigenvalue weighted by molar-refractivity contribution is 0.304. The van der Waals surface area contributed by atoms with Gasteiger partial charge in [-0.1, -0.05) is 13.8 Å². The van der Waals surface area contributed by atoms with Crippen LogP contribution in [-0.2, 0) is 9.84 Å². The summed E-state index contributed by atoms with van der Waals surface area (Å²) in [6.07, 6.45) is 4.50. The van der Waals surface area contributed by atoms with Gasteiger partial charge in [-0.2, -0.15) is 0 Å². The molecular formula is C16H27NO3S. The lowest BCUT2D eigenvalue weighted by Crippen LogP contribution is -2.20. The highest BCUT2D eigenvalue weighted by molar-refractivity contribution is 7.90. The second-order valence-electron chi connectivity index (χ2n) is 5.75. The van der Waals surface area contributed by atoms with Crippen LogP contribution in [0.25, 0.3) is 0 Å². The van der Waals surface area contributed by atoms with Gasteiger partial charge in [0.15, 0.2) is 9.84 Å². The molecule has 0 bridgehead atoms. The fourth-order valence-corrected chi connectivity index (χ4v) is 2.52. The topological polar surface area (TPSA) is 55.4 Å². The van der Waals surface area contributed by atoms with Crippen molar-refractivity contribution in [1.82, 2.24) is 5.32 Å². The van der Waals surface area contributed by atoms with Gasteiger partial charge in [-0.3, -0.25) is 0 Å². The third-order valence-electron chi connectivity index (χ3n) is 3.07. The van der Waals surface area contributed by atoms with Gasteiger partial charge in [0.2, 0.25) is 0 Å². The van der Waals surface area contributed by atoms with Crippen molar-refractivity contribution in [3.05, 3.63) is 24.3 Å². The summed E-state index contributed by atoms with van der Waals surface area (Å²) < 4.78 is 28.3. The number of ether oxygens (including phenoxy) is 1. The van der Waals surface area contributed by atoms with Crippen molar-refractivity contribution in [3.63, 3.8) is 0 Å². The summed E-state index contributed by atoms with van der Waals surface area (Å²) in [5, 5.41) is 3.42. The average Bonchev–Trinajstić information content (AvgIpc) is 2.41. The maximum atomic E-state index is 11.3. The summed E-state index contributed by atoms with van der Waals surface area (Å²) in [5.41, 5.74) is 0. The largest absolute Gasteiger partial charge is 0.494 e. The minimum Gasteiger partial charge on any atom is -0.494 e. The van der Waals surface area contributed by atoms with E-state index in [4.69, 9.17) is 4.74 Å². The molecule has 1 rings (SSSR count). The number of hydrogen-bond acceptors (Lipinski definition) is 4. The van der Waals surface area contributed by atoms with Crippen LogP contribution >= 0.6 is 0 Å². The molecule has 1 N–H and O–H groups in total. The summed E-state index contributed by atoms with van der Waals surface area (Å²) in [7, 11) is -3.13. The molecule has 0 amide bonds. The van der Waals surface area contributed by atoms with Crippen LogP contribution in [0.5, 0.6) is 5.75 Å². The van der Waals surface area contributed by atoms with E-state index < -0.39 is 9.84 Å². The minimum absolute atomic E-state index is 0.325. The third-order valence-corrected chi connectivity index (χ3v) is 4.20. The number of rotatable bonds is 10. The van der Waals surface area contributed by atoms with E-state index in [1.54, 1.807) is 24.3 Å². The molecule has 0 saturated carbocycles. The number of sulfone groups is 1. The molecule has 21 heavy (non-hydrogen) atoms. The van der Waals surface area contributed by atoms with Crippen molar-refractivity contribution in [1.29, 1.82) is 0 Å². The van der Waals surface area contributed by atoms with Crippen LogP contribution in [0.2, 0.25) is 0 Å². The van der Waals surface area contributed by atoms with E-state index in [1.165, 1.54) is 6.26 Å². The quantitative estimate of drug-likeness (QED) is 0.675. The van der Waals surface area contributed by atoms with Crippen LogP contribution in [-0.4, -0.2) is 34.4 Å². The summed E-state index contributed by atoms with van der Waals surface area (Å²) in [6.45, 7) is 7.21. The highest BCUT2D eigenvalue weighted by Gasteiger charge is 2.06. The Labute approximate surface area is 128 Å². The van der Waals surface area contributed by atoms with Crippen molar-refractivity contribution >= 4 is 9.84 Å². The predicted molar refractivity (Wildman–Crippen MR) is 86.6 cm³/mol. The smallest absolute Gasteiger partial charge is 0.175 e. The fourth-order valence-electron chi connectivity index (χ4n) is 1.89. The van der Waals surface area contributed by atoms with Crippen LogP contribution < -0.4 is 10.1 Å². The Hall–Kier alpha value is -1.07. The van der Waals surface area contributed by atoms with Crippen molar-refractivity contribution < 1.29 is 13.2 Å². The summed E-state index contributed by atoms with van der Waals surface area (Å²) in [4.78, 5) is 0.325. The summed E-state index contributed by atoms with van der Waals surface area (Å²) in [5.74, 6) is 1.42. The number of benzene rings is 1. The van der Waals surface area contributed by atoms with Crippen LogP contribution in [0, 0.1) is 5.92 Å². The summed E-state index contributed by atoms with van der Waals surface area (Å²) in [6, 6.07) is 6.59. The zero-order valence-electron chi connectivity index (χ0n) is 13.3. The number of unbranched alkanes of at least 4 members (excludes halogenated alkanes) is 2. The molecule has 0 saturated heterocycles. The van der Waals surface area contributed by atoms with Gasteiger partial charge in [0.05, 0.1) is 11.5 Å². The van der Waals surface area contributed by atoms with Crippen molar-refractivity contribution in [2.24, 2.45) is 5.92 Å². The fraction of sp³-hybridized carbons (Fsp3) is 0.625. The highest BCUT2D eigenvalue weighted by atomic mass is 32.2. The van der Waals surface area contributed by atoms with Gasteiger partial charge in [0.25, 0.3) is 0 Å². The first-order chi connectivity index (χ1) is 9.89. The molecule has 0 aliphatic rings. The van der Waals surface area contributed by atoms with E-state index >= 15 is 0 Å². The Morgan fingerprint density at radius 3 is 2.33 bits per heavy atom. The molecular weight excluding hydrogens is 286 g/mol. The van der Waals surface area contributed by atoms with E-state index in [0.717, 1.165) is 38.1 Å². The normalized spacial score (nSPS) is 11.8. The second kappa shape index (κ2) is 9.05. The maximum absolute atomic E-state index is 11.3. The highest BCUT2D eigenvalue weighted by Crippen LogP contribution is 2.16. The SMILES string of the molecule is CC(C)CNCCCCCOc1ccc(S(C)(=O)=O)cc1. The molecule has 0 aliphatic heterocycles. The molecule has 0 spiro atoms. The molecule has 120 valence electrons. The van der Waals surface area contributed by atoms with Crippen molar-refractivity contribution in [3.8, 4) is 5.75 Å². The first-order valence-corrected chi connectivity index (χ1v) is 9.42. The average molecular weight is 313 g/mol. The number of nitrogens with one attached hydrogen (secondary N) is 1. The molecule has 0 aromatic heterocycles. The van der Waals surface area contributed by atoms with Gasteiger partial charge in [-0.15, -0.1) is 0 Å². The zero-order chi connectivity index (χ0) is 15.7. The van der Waals surface area contributed by atoms with Crippen molar-refractivity contribution in [2.75, 3.05) is 26.0 Å². The van der Waals surface area contributed by atoms with E-state index in [1.807, 2.05) is 0 Å². The standard InChI is InChI=1S/C16H27NO3S/c1-14(2)13-17-11-5-4-6-12-20-15-7-9-16(10-8-15)21(3,18)19/h7-10,14,17H,4-6,11-13H2,1-3H3. The van der Waals surface area contributed by atoms with Gasteiger partial charge < -0.3 is 10.1 Å². The monoisotopic (exact) mass is 313 g/mol. The Morgan fingerprint density at radius 2 is 1.76 bits per heavy atom. The van der Waals surface area contributed by atoms with Crippen LogP contribution in [0.4, 0.5) is 0 Å². The van der Waals surface area contributed by atoms with Crippen LogP contribution in [0.3, 0.4) is 0 Å². The van der Waals surface area contributed by atoms with E-state index in [-0.39, 0.29) is 0 Å². The van der Waals surface area contributed by atoms with Gasteiger partial charge in [-0.25, -0.2) is 8.42 Å². The van der Waals surface area contributed by atoms with Gasteiger partial charge in [-0.05, 0) is 62.5 Å². The third kappa shape index (κ3) is 8.07. The first kappa shape index (κ1) is 18.0. The molecule has 0 radical (unpaired) electrons. The Balaban J connectivity index is 2.13. The molecule has 4 nitrogen and oxygen atoms in total. The zero-order valence-corrected chi connectivity index (χ0v) is 14.1. The predicted octanol–water partition coefficient (Wildman–Crippen LogP) is 2.88. The molecule has 0 unspecified atom stereocenters. The van der Waals surface area contributed by atoms with Crippen LogP contribution in [0.15, 0.2) is 29.2 Å². The molecule has 1 aromatic rings. The van der Waals surface area contributed by atoms with E-state index in [0.29, 0.717) is 17.4 Å². The molecule has 5 heteroatoms. The Bertz CT molecular complexity index is 495. The first-order valence-electron chi connectivity index (χ1n) is 7.53. The molecule has 0 atom stereocenters. The molecule has 0 aliphatic carbocycles. The minimum atomic E-state index is -3.13. The van der Waals surface area contributed by atoms with Gasteiger partial charge >= 0.3 is 0 Å². The van der Waals surface area contributed by atoms with Gasteiger partial charge in [0, 0.05) is 6.26 Å². The maximum Gasteiger partial charge on any atom is 0.175 e. The molecule has 0 fully saturated rings. The number of hydrogen-bond donors (Lipinski definition) is 1. The molecule has 0 heterocycles. The lowest BCUT2D eigenvalue weighted by Gasteiger charge is -2.08.